The molecular weight excluding hydrogens is 470 g/mol. The third-order valence-corrected chi connectivity index (χ3v) is 6.70. The van der Waals surface area contributed by atoms with Crippen molar-refractivity contribution in [1.82, 2.24) is 9.55 Å². The van der Waals surface area contributed by atoms with Gasteiger partial charge in [-0.25, -0.2) is 4.98 Å². The fraction of sp³-hybridized carbons (Fsp3) is 0.276. The largest absolute Gasteiger partial charge is 0.493 e. The van der Waals surface area contributed by atoms with Crippen LogP contribution >= 0.6 is 0 Å². The Morgan fingerprint density at radius 2 is 1.70 bits per heavy atom. The molecule has 0 saturated heterocycles. The number of amides is 1. The third-order valence-electron chi connectivity index (χ3n) is 6.70. The number of hydrogen-bond donors (Lipinski definition) is 0. The zero-order valence-corrected chi connectivity index (χ0v) is 21.1. The van der Waals surface area contributed by atoms with E-state index in [-0.39, 0.29) is 12.5 Å². The van der Waals surface area contributed by atoms with Crippen LogP contribution < -0.4 is 14.4 Å². The van der Waals surface area contributed by atoms with Crippen molar-refractivity contribution < 1.29 is 23.8 Å². The van der Waals surface area contributed by atoms with Crippen molar-refractivity contribution in [2.24, 2.45) is 5.92 Å². The molecular formula is C29H29N3O5. The van der Waals surface area contributed by atoms with E-state index in [0.29, 0.717) is 36.0 Å². The van der Waals surface area contributed by atoms with Gasteiger partial charge in [0.15, 0.2) is 17.4 Å². The highest BCUT2D eigenvalue weighted by Gasteiger charge is 2.48. The summed E-state index contributed by atoms with van der Waals surface area (Å²) in [4.78, 5) is 34.1. The number of fused-ring (bicyclic) bond motifs is 3. The molecule has 0 saturated carbocycles. The highest BCUT2D eigenvalue weighted by Crippen LogP contribution is 2.46. The lowest BCUT2D eigenvalue weighted by molar-refractivity contribution is -0.153. The Balaban J connectivity index is 1.73. The number of methoxy groups -OCH3 is 2. The smallest absolute Gasteiger partial charge is 0.321 e. The molecule has 0 radical (unpaired) electrons. The van der Waals surface area contributed by atoms with E-state index in [0.717, 1.165) is 16.6 Å². The van der Waals surface area contributed by atoms with Crippen molar-refractivity contribution in [2.75, 3.05) is 32.3 Å². The number of anilines is 1. The first-order valence-corrected chi connectivity index (χ1v) is 12.3. The second-order valence-electron chi connectivity index (χ2n) is 8.75. The van der Waals surface area contributed by atoms with Crippen molar-refractivity contribution >= 4 is 28.9 Å². The lowest BCUT2D eigenvalue weighted by atomic mass is 9.88. The molecule has 0 unspecified atom stereocenters. The standard InChI is InChI=1S/C29H29N3O5/c1-4-37-28(34)24-25(20-13-10-16-23(35-2)26(20)36-3)32-22-15-9-8-14-21(22)30-29(32)31(27(24)33)18-17-19-11-6-5-7-12-19/h5-16,24-25H,4,17-18H2,1-3H3/t24-,25-/m1/s1. The summed E-state index contributed by atoms with van der Waals surface area (Å²) >= 11 is 0. The van der Waals surface area contributed by atoms with Gasteiger partial charge >= 0.3 is 5.97 Å². The van der Waals surface area contributed by atoms with Gasteiger partial charge in [0, 0.05) is 12.1 Å². The van der Waals surface area contributed by atoms with E-state index in [1.807, 2.05) is 71.3 Å². The number of benzene rings is 3. The van der Waals surface area contributed by atoms with Crippen LogP contribution in [0, 0.1) is 5.92 Å². The Hall–Kier alpha value is -4.33. The minimum atomic E-state index is -1.14. The number of nitrogens with zero attached hydrogens (tertiary/aromatic N) is 3. The fourth-order valence-corrected chi connectivity index (χ4v) is 5.07. The predicted molar refractivity (Wildman–Crippen MR) is 140 cm³/mol. The topological polar surface area (TPSA) is 82.9 Å². The molecule has 0 N–H and O–H groups in total. The van der Waals surface area contributed by atoms with Crippen LogP contribution in [0.3, 0.4) is 0 Å². The number of imidazole rings is 1. The van der Waals surface area contributed by atoms with Gasteiger partial charge in [0.1, 0.15) is 0 Å². The average Bonchev–Trinajstić information content (AvgIpc) is 3.31. The summed E-state index contributed by atoms with van der Waals surface area (Å²) in [7, 11) is 3.10. The van der Waals surface area contributed by atoms with Gasteiger partial charge < -0.3 is 18.8 Å². The number of hydrogen-bond acceptors (Lipinski definition) is 6. The lowest BCUT2D eigenvalue weighted by Gasteiger charge is -2.38. The van der Waals surface area contributed by atoms with Crippen molar-refractivity contribution in [3.8, 4) is 11.5 Å². The Morgan fingerprint density at radius 1 is 0.946 bits per heavy atom. The van der Waals surface area contributed by atoms with E-state index in [9.17, 15) is 9.59 Å². The van der Waals surface area contributed by atoms with Crippen molar-refractivity contribution in [3.05, 3.63) is 83.9 Å². The molecule has 1 aliphatic heterocycles. The maximum Gasteiger partial charge on any atom is 0.321 e. The highest BCUT2D eigenvalue weighted by atomic mass is 16.5. The third kappa shape index (κ3) is 4.28. The Bertz CT molecular complexity index is 1430. The summed E-state index contributed by atoms with van der Waals surface area (Å²) in [6.07, 6.45) is 0.610. The second-order valence-corrected chi connectivity index (χ2v) is 8.75. The molecule has 8 heteroatoms. The summed E-state index contributed by atoms with van der Waals surface area (Å²) in [5.41, 5.74) is 3.26. The number of ether oxygens (including phenoxy) is 3. The Morgan fingerprint density at radius 3 is 2.43 bits per heavy atom. The SMILES string of the molecule is CCOC(=O)[C@H]1C(=O)N(CCc2ccccc2)c2nc3ccccc3n2[C@@H]1c1cccc(OC)c1OC. The van der Waals surface area contributed by atoms with E-state index in [2.05, 4.69) is 0 Å². The van der Waals surface area contributed by atoms with Crippen LogP contribution in [0.15, 0.2) is 72.8 Å². The lowest BCUT2D eigenvalue weighted by Crippen LogP contribution is -2.50. The van der Waals surface area contributed by atoms with E-state index in [1.54, 1.807) is 32.1 Å². The number of esters is 1. The molecule has 0 fully saturated rings. The van der Waals surface area contributed by atoms with Gasteiger partial charge in [-0.3, -0.25) is 14.5 Å². The first-order chi connectivity index (χ1) is 18.1. The zero-order chi connectivity index (χ0) is 25.9. The van der Waals surface area contributed by atoms with Crippen LogP contribution in [-0.2, 0) is 20.7 Å². The maximum atomic E-state index is 14.1. The normalized spacial score (nSPS) is 16.9. The fourth-order valence-electron chi connectivity index (χ4n) is 5.07. The van der Waals surface area contributed by atoms with Crippen LogP contribution in [0.1, 0.15) is 24.1 Å². The Labute approximate surface area is 215 Å². The Kier molecular flexibility index (Phi) is 6.81. The van der Waals surface area contributed by atoms with Gasteiger partial charge in [0.25, 0.3) is 0 Å². The van der Waals surface area contributed by atoms with Crippen LogP contribution in [0.25, 0.3) is 11.0 Å². The number of rotatable bonds is 8. The second kappa shape index (κ2) is 10.3. The predicted octanol–water partition coefficient (Wildman–Crippen LogP) is 4.41. The number of carbonyl (C=O) groups excluding carboxylic acids is 2. The van der Waals surface area contributed by atoms with E-state index in [4.69, 9.17) is 19.2 Å². The van der Waals surface area contributed by atoms with Crippen LogP contribution in [0.2, 0.25) is 0 Å². The number of carbonyl (C=O) groups is 2. The molecule has 0 spiro atoms. The van der Waals surface area contributed by atoms with Gasteiger partial charge in [-0.1, -0.05) is 54.6 Å². The summed E-state index contributed by atoms with van der Waals surface area (Å²) < 4.78 is 18.7. The van der Waals surface area contributed by atoms with Crippen molar-refractivity contribution in [2.45, 2.75) is 19.4 Å². The quantitative estimate of drug-likeness (QED) is 0.264. The van der Waals surface area contributed by atoms with E-state index >= 15 is 0 Å². The molecule has 2 heterocycles. The molecule has 0 bridgehead atoms. The molecule has 37 heavy (non-hydrogen) atoms. The molecule has 1 amide bonds. The molecule has 4 aromatic rings. The summed E-state index contributed by atoms with van der Waals surface area (Å²) in [5, 5.41) is 0. The zero-order valence-electron chi connectivity index (χ0n) is 21.1. The number of para-hydroxylation sites is 3. The van der Waals surface area contributed by atoms with Crippen LogP contribution in [0.4, 0.5) is 5.95 Å². The molecule has 5 rings (SSSR count). The molecule has 3 aromatic carbocycles. The van der Waals surface area contributed by atoms with Crippen molar-refractivity contribution in [1.29, 1.82) is 0 Å². The minimum Gasteiger partial charge on any atom is -0.493 e. The molecule has 0 aliphatic carbocycles. The van der Waals surface area contributed by atoms with Crippen LogP contribution in [0.5, 0.6) is 11.5 Å². The van der Waals surface area contributed by atoms with Gasteiger partial charge in [-0.05, 0) is 37.1 Å². The molecule has 190 valence electrons. The molecule has 2 atom stereocenters. The summed E-state index contributed by atoms with van der Waals surface area (Å²) in [6.45, 7) is 2.26. The first kappa shape index (κ1) is 24.4. The first-order valence-electron chi connectivity index (χ1n) is 12.3. The van der Waals surface area contributed by atoms with E-state index < -0.39 is 17.9 Å². The minimum absolute atomic E-state index is 0.159. The summed E-state index contributed by atoms with van der Waals surface area (Å²) in [5.74, 6) is -0.631. The van der Waals surface area contributed by atoms with Gasteiger partial charge in [-0.15, -0.1) is 0 Å². The average molecular weight is 500 g/mol. The molecule has 1 aliphatic rings. The van der Waals surface area contributed by atoms with Gasteiger partial charge in [0.05, 0.1) is 37.9 Å². The van der Waals surface area contributed by atoms with Crippen molar-refractivity contribution in [3.63, 3.8) is 0 Å². The van der Waals surface area contributed by atoms with Crippen LogP contribution in [-0.4, -0.2) is 48.8 Å². The summed E-state index contributed by atoms with van der Waals surface area (Å²) in [6, 6.07) is 22.3. The number of aromatic nitrogens is 2. The monoisotopic (exact) mass is 499 g/mol. The maximum absolute atomic E-state index is 14.1. The molecule has 8 nitrogen and oxygen atoms in total. The van der Waals surface area contributed by atoms with Gasteiger partial charge in [0.2, 0.25) is 11.9 Å². The van der Waals surface area contributed by atoms with Gasteiger partial charge in [-0.2, -0.15) is 0 Å². The van der Waals surface area contributed by atoms with E-state index in [1.165, 1.54) is 0 Å². The highest BCUT2D eigenvalue weighted by molar-refractivity contribution is 6.08. The molecule has 1 aromatic heterocycles.